The van der Waals surface area contributed by atoms with Gasteiger partial charge in [0.2, 0.25) is 5.88 Å². The van der Waals surface area contributed by atoms with E-state index in [0.29, 0.717) is 24.0 Å². The molecule has 0 aromatic carbocycles. The highest BCUT2D eigenvalue weighted by atomic mass is 16.5. The molecule has 0 saturated carbocycles. The van der Waals surface area contributed by atoms with Gasteiger partial charge in [0.15, 0.2) is 5.65 Å². The number of hydrogen-bond acceptors (Lipinski definition) is 6. The molecule has 2 aromatic rings. The van der Waals surface area contributed by atoms with E-state index in [1.807, 2.05) is 18.2 Å². The standard InChI is InChI=1S/C15H21N5O/c1-19-6-8-20(9-7-19)10-11-21-14-5-3-12-2-4-13(16)17-15(12)18-14/h2-5H,6-11H2,1H3,(H2,16,17,18). The second-order valence-corrected chi connectivity index (χ2v) is 5.43. The number of hydrogen-bond donors (Lipinski definition) is 1. The van der Waals surface area contributed by atoms with E-state index >= 15 is 0 Å². The zero-order valence-electron chi connectivity index (χ0n) is 12.3. The smallest absolute Gasteiger partial charge is 0.215 e. The summed E-state index contributed by atoms with van der Waals surface area (Å²) in [4.78, 5) is 13.4. The number of ether oxygens (including phenoxy) is 1. The summed E-state index contributed by atoms with van der Waals surface area (Å²) in [6.07, 6.45) is 0. The van der Waals surface area contributed by atoms with E-state index in [1.54, 1.807) is 6.07 Å². The number of rotatable bonds is 4. The van der Waals surface area contributed by atoms with Gasteiger partial charge in [-0.25, -0.2) is 4.98 Å². The first-order valence-electron chi connectivity index (χ1n) is 7.28. The lowest BCUT2D eigenvalue weighted by molar-refractivity contribution is 0.132. The van der Waals surface area contributed by atoms with Gasteiger partial charge in [0.1, 0.15) is 12.4 Å². The molecule has 0 unspecified atom stereocenters. The third-order valence-corrected chi connectivity index (χ3v) is 3.80. The van der Waals surface area contributed by atoms with Crippen molar-refractivity contribution < 1.29 is 4.74 Å². The van der Waals surface area contributed by atoms with E-state index in [0.717, 1.165) is 38.1 Å². The van der Waals surface area contributed by atoms with Gasteiger partial charge in [0, 0.05) is 44.2 Å². The first-order valence-corrected chi connectivity index (χ1v) is 7.28. The predicted molar refractivity (Wildman–Crippen MR) is 83.4 cm³/mol. The maximum Gasteiger partial charge on any atom is 0.215 e. The van der Waals surface area contributed by atoms with Gasteiger partial charge in [-0.15, -0.1) is 0 Å². The largest absolute Gasteiger partial charge is 0.476 e. The van der Waals surface area contributed by atoms with Crippen LogP contribution in [0.2, 0.25) is 0 Å². The predicted octanol–water partition coefficient (Wildman–Crippen LogP) is 0.838. The maximum atomic E-state index is 5.74. The zero-order chi connectivity index (χ0) is 14.7. The van der Waals surface area contributed by atoms with Crippen LogP contribution in [0.3, 0.4) is 0 Å². The second kappa shape index (κ2) is 6.24. The third-order valence-electron chi connectivity index (χ3n) is 3.80. The van der Waals surface area contributed by atoms with Gasteiger partial charge in [0.05, 0.1) is 0 Å². The molecule has 1 saturated heterocycles. The Labute approximate surface area is 124 Å². The number of aromatic nitrogens is 2. The van der Waals surface area contributed by atoms with Crippen molar-refractivity contribution in [3.8, 4) is 5.88 Å². The molecule has 0 amide bonds. The number of pyridine rings is 2. The summed E-state index contributed by atoms with van der Waals surface area (Å²) in [6.45, 7) is 6.02. The van der Waals surface area contributed by atoms with Gasteiger partial charge in [-0.1, -0.05) is 0 Å². The van der Waals surface area contributed by atoms with E-state index in [-0.39, 0.29) is 0 Å². The Bertz CT molecular complexity index is 610. The summed E-state index contributed by atoms with van der Waals surface area (Å²) in [5.41, 5.74) is 6.31. The Morgan fingerprint density at radius 2 is 1.86 bits per heavy atom. The minimum atomic E-state index is 0.476. The lowest BCUT2D eigenvalue weighted by atomic mass is 10.3. The zero-order valence-corrected chi connectivity index (χ0v) is 12.3. The van der Waals surface area contributed by atoms with Gasteiger partial charge >= 0.3 is 0 Å². The maximum absolute atomic E-state index is 5.74. The van der Waals surface area contributed by atoms with E-state index < -0.39 is 0 Å². The van der Waals surface area contributed by atoms with E-state index in [2.05, 4.69) is 26.8 Å². The average molecular weight is 287 g/mol. The summed E-state index contributed by atoms with van der Waals surface area (Å²) in [5.74, 6) is 1.08. The minimum Gasteiger partial charge on any atom is -0.476 e. The van der Waals surface area contributed by atoms with Crippen molar-refractivity contribution in [3.63, 3.8) is 0 Å². The molecule has 6 nitrogen and oxygen atoms in total. The van der Waals surface area contributed by atoms with E-state index in [9.17, 15) is 0 Å². The van der Waals surface area contributed by atoms with Crippen LogP contribution in [0, 0.1) is 0 Å². The number of fused-ring (bicyclic) bond motifs is 1. The minimum absolute atomic E-state index is 0.476. The van der Waals surface area contributed by atoms with Crippen LogP contribution in [0.15, 0.2) is 24.3 Å². The molecule has 1 fully saturated rings. The number of piperazine rings is 1. The Kier molecular flexibility index (Phi) is 4.17. The second-order valence-electron chi connectivity index (χ2n) is 5.43. The number of anilines is 1. The number of nitrogen functional groups attached to an aromatic ring is 1. The highest BCUT2D eigenvalue weighted by molar-refractivity contribution is 5.76. The lowest BCUT2D eigenvalue weighted by Gasteiger charge is -2.32. The highest BCUT2D eigenvalue weighted by Gasteiger charge is 2.13. The van der Waals surface area contributed by atoms with Gasteiger partial charge in [-0.05, 0) is 25.2 Å². The van der Waals surface area contributed by atoms with Crippen LogP contribution < -0.4 is 10.5 Å². The highest BCUT2D eigenvalue weighted by Crippen LogP contribution is 2.16. The third kappa shape index (κ3) is 3.59. The molecule has 0 atom stereocenters. The van der Waals surface area contributed by atoms with Crippen LogP contribution in [0.4, 0.5) is 5.82 Å². The SMILES string of the molecule is CN1CCN(CCOc2ccc3ccc(N)nc3n2)CC1. The number of nitrogens with two attached hydrogens (primary N) is 1. The Morgan fingerprint density at radius 1 is 1.10 bits per heavy atom. The molecule has 0 radical (unpaired) electrons. The van der Waals surface area contributed by atoms with Crippen molar-refractivity contribution in [2.75, 3.05) is 52.1 Å². The van der Waals surface area contributed by atoms with Crippen molar-refractivity contribution in [2.45, 2.75) is 0 Å². The molecule has 0 aliphatic carbocycles. The fraction of sp³-hybridized carbons (Fsp3) is 0.467. The van der Waals surface area contributed by atoms with Crippen LogP contribution in [-0.4, -0.2) is 66.1 Å². The van der Waals surface area contributed by atoms with Crippen molar-refractivity contribution in [1.82, 2.24) is 19.8 Å². The molecule has 112 valence electrons. The summed E-state index contributed by atoms with van der Waals surface area (Å²) < 4.78 is 5.74. The lowest BCUT2D eigenvalue weighted by Crippen LogP contribution is -2.45. The van der Waals surface area contributed by atoms with Crippen LogP contribution >= 0.6 is 0 Å². The topological polar surface area (TPSA) is 67.5 Å². The quantitative estimate of drug-likeness (QED) is 0.899. The molecule has 2 N–H and O–H groups in total. The van der Waals surface area contributed by atoms with Gasteiger partial charge in [-0.2, -0.15) is 4.98 Å². The summed E-state index contributed by atoms with van der Waals surface area (Å²) >= 11 is 0. The molecule has 3 rings (SSSR count). The van der Waals surface area contributed by atoms with Gasteiger partial charge < -0.3 is 15.4 Å². The van der Waals surface area contributed by atoms with Crippen LogP contribution in [0.25, 0.3) is 11.0 Å². The van der Waals surface area contributed by atoms with Crippen LogP contribution in [0.1, 0.15) is 0 Å². The molecule has 6 heteroatoms. The number of likely N-dealkylation sites (N-methyl/N-ethyl adjacent to an activating group) is 1. The van der Waals surface area contributed by atoms with Gasteiger partial charge in [0.25, 0.3) is 0 Å². The molecule has 1 aliphatic heterocycles. The molecule has 3 heterocycles. The van der Waals surface area contributed by atoms with Gasteiger partial charge in [-0.3, -0.25) is 4.90 Å². The fourth-order valence-corrected chi connectivity index (χ4v) is 2.43. The molecule has 0 bridgehead atoms. The Balaban J connectivity index is 1.55. The fourth-order valence-electron chi connectivity index (χ4n) is 2.43. The van der Waals surface area contributed by atoms with Crippen LogP contribution in [-0.2, 0) is 0 Å². The molecular formula is C15H21N5O. The van der Waals surface area contributed by atoms with E-state index in [4.69, 9.17) is 10.5 Å². The van der Waals surface area contributed by atoms with Crippen LogP contribution in [0.5, 0.6) is 5.88 Å². The molecule has 0 spiro atoms. The van der Waals surface area contributed by atoms with Crippen molar-refractivity contribution >= 4 is 16.9 Å². The van der Waals surface area contributed by atoms with Crippen molar-refractivity contribution in [1.29, 1.82) is 0 Å². The van der Waals surface area contributed by atoms with Crippen molar-refractivity contribution in [3.05, 3.63) is 24.3 Å². The van der Waals surface area contributed by atoms with Crippen molar-refractivity contribution in [2.24, 2.45) is 0 Å². The molecule has 2 aromatic heterocycles. The normalized spacial score (nSPS) is 17.2. The van der Waals surface area contributed by atoms with E-state index in [1.165, 1.54) is 0 Å². The first-order chi connectivity index (χ1) is 10.2. The molecule has 21 heavy (non-hydrogen) atoms. The molecule has 1 aliphatic rings. The first kappa shape index (κ1) is 14.0. The summed E-state index contributed by atoms with van der Waals surface area (Å²) in [6, 6.07) is 7.53. The summed E-state index contributed by atoms with van der Waals surface area (Å²) in [5, 5.41) is 0.968. The number of nitrogens with zero attached hydrogens (tertiary/aromatic N) is 4. The molecular weight excluding hydrogens is 266 g/mol. The average Bonchev–Trinajstić information content (AvgIpc) is 2.49. The monoisotopic (exact) mass is 287 g/mol. The Morgan fingerprint density at radius 3 is 2.67 bits per heavy atom. The summed E-state index contributed by atoms with van der Waals surface area (Å²) in [7, 11) is 2.16. The Hall–Kier alpha value is -1.92.